The van der Waals surface area contributed by atoms with E-state index in [9.17, 15) is 4.79 Å². The van der Waals surface area contributed by atoms with Gasteiger partial charge in [-0.3, -0.25) is 9.69 Å². The smallest absolute Gasteiger partial charge is 0.310 e. The van der Waals surface area contributed by atoms with Crippen molar-refractivity contribution in [1.82, 2.24) is 9.88 Å². The lowest BCUT2D eigenvalue weighted by Gasteiger charge is -2.30. The van der Waals surface area contributed by atoms with Crippen LogP contribution in [0, 0.1) is 12.8 Å². The number of ether oxygens (including phenoxy) is 1. The number of aliphatic carboxylic acids is 1. The summed E-state index contributed by atoms with van der Waals surface area (Å²) in [5.41, 5.74) is 0.996. The number of nitrogens with zero attached hydrogens (tertiary/aromatic N) is 2. The van der Waals surface area contributed by atoms with Crippen molar-refractivity contribution in [3.63, 3.8) is 0 Å². The third-order valence-electron chi connectivity index (χ3n) is 3.57. The molecule has 5 nitrogen and oxygen atoms in total. The number of aryl methyl sites for hydroxylation is 1. The number of aromatic nitrogens is 1. The van der Waals surface area contributed by atoms with Crippen LogP contribution < -0.4 is 0 Å². The summed E-state index contributed by atoms with van der Waals surface area (Å²) in [5, 5.41) is 12.2. The molecule has 6 heteroatoms. The highest BCUT2D eigenvalue weighted by Crippen LogP contribution is 2.28. The molecule has 1 fully saturated rings. The van der Waals surface area contributed by atoms with Crippen LogP contribution in [0.3, 0.4) is 0 Å². The van der Waals surface area contributed by atoms with Gasteiger partial charge in [-0.1, -0.05) is 0 Å². The number of likely N-dealkylation sites (N-methyl/N-ethyl adjacent to an activating group) is 1. The van der Waals surface area contributed by atoms with Crippen molar-refractivity contribution in [3.8, 4) is 0 Å². The molecule has 3 unspecified atom stereocenters. The molecule has 1 aromatic heterocycles. The summed E-state index contributed by atoms with van der Waals surface area (Å²) in [5.74, 6) is -1.23. The first-order chi connectivity index (χ1) is 8.50. The van der Waals surface area contributed by atoms with E-state index in [0.29, 0.717) is 13.2 Å². The Kier molecular flexibility index (Phi) is 3.99. The van der Waals surface area contributed by atoms with Gasteiger partial charge in [0.1, 0.15) is 0 Å². The van der Waals surface area contributed by atoms with Gasteiger partial charge in [0, 0.05) is 11.4 Å². The highest BCUT2D eigenvalue weighted by Gasteiger charge is 2.38. The van der Waals surface area contributed by atoms with Crippen molar-refractivity contribution < 1.29 is 14.6 Å². The molecule has 0 aliphatic carbocycles. The number of carbonyl (C=O) groups is 1. The Bertz CT molecular complexity index is 435. The van der Waals surface area contributed by atoms with Crippen LogP contribution in [0.5, 0.6) is 0 Å². The van der Waals surface area contributed by atoms with E-state index < -0.39 is 11.9 Å². The molecule has 0 aromatic carbocycles. The van der Waals surface area contributed by atoms with Crippen molar-refractivity contribution >= 4 is 17.3 Å². The SMILES string of the molecule is Cc1nc(C(C)N(C)C2COCC2C(=O)O)cs1. The van der Waals surface area contributed by atoms with Crippen LogP contribution in [0.25, 0.3) is 0 Å². The fourth-order valence-electron chi connectivity index (χ4n) is 2.25. The van der Waals surface area contributed by atoms with E-state index in [1.807, 2.05) is 26.3 Å². The zero-order valence-corrected chi connectivity index (χ0v) is 11.6. The average molecular weight is 270 g/mol. The van der Waals surface area contributed by atoms with Gasteiger partial charge in [-0.25, -0.2) is 4.98 Å². The van der Waals surface area contributed by atoms with E-state index in [0.717, 1.165) is 10.7 Å². The summed E-state index contributed by atoms with van der Waals surface area (Å²) in [6.07, 6.45) is 0. The Morgan fingerprint density at radius 2 is 2.39 bits per heavy atom. The lowest BCUT2D eigenvalue weighted by atomic mass is 10.0. The maximum Gasteiger partial charge on any atom is 0.310 e. The molecule has 3 atom stereocenters. The van der Waals surface area contributed by atoms with Crippen LogP contribution in [-0.2, 0) is 9.53 Å². The largest absolute Gasteiger partial charge is 0.481 e. The number of hydrogen-bond acceptors (Lipinski definition) is 5. The molecule has 1 N–H and O–H groups in total. The number of thiazole rings is 1. The molecule has 0 bridgehead atoms. The lowest BCUT2D eigenvalue weighted by Crippen LogP contribution is -2.42. The highest BCUT2D eigenvalue weighted by atomic mass is 32.1. The van der Waals surface area contributed by atoms with Gasteiger partial charge in [0.25, 0.3) is 0 Å². The van der Waals surface area contributed by atoms with Gasteiger partial charge in [-0.2, -0.15) is 0 Å². The van der Waals surface area contributed by atoms with Crippen molar-refractivity contribution in [2.24, 2.45) is 5.92 Å². The molecule has 2 rings (SSSR count). The Morgan fingerprint density at radius 3 is 2.94 bits per heavy atom. The van der Waals surface area contributed by atoms with Crippen LogP contribution in [0.2, 0.25) is 0 Å². The first-order valence-corrected chi connectivity index (χ1v) is 6.83. The molecule has 100 valence electrons. The van der Waals surface area contributed by atoms with Crippen molar-refractivity contribution in [3.05, 3.63) is 16.1 Å². The minimum atomic E-state index is -0.786. The second-order valence-corrected chi connectivity index (χ2v) is 5.74. The molecule has 0 amide bonds. The topological polar surface area (TPSA) is 62.7 Å². The molecule has 0 spiro atoms. The molecular weight excluding hydrogens is 252 g/mol. The fourth-order valence-corrected chi connectivity index (χ4v) is 2.95. The minimum absolute atomic E-state index is 0.0838. The zero-order chi connectivity index (χ0) is 13.3. The van der Waals surface area contributed by atoms with E-state index in [-0.39, 0.29) is 12.1 Å². The summed E-state index contributed by atoms with van der Waals surface area (Å²) in [6, 6.07) is 0.0167. The van der Waals surface area contributed by atoms with E-state index in [1.165, 1.54) is 0 Å². The average Bonchev–Trinajstić information content (AvgIpc) is 2.95. The van der Waals surface area contributed by atoms with Crippen LogP contribution >= 0.6 is 11.3 Å². The highest BCUT2D eigenvalue weighted by molar-refractivity contribution is 7.09. The predicted octanol–water partition coefficient (Wildman–Crippen LogP) is 1.54. The number of rotatable bonds is 4. The van der Waals surface area contributed by atoms with E-state index >= 15 is 0 Å². The van der Waals surface area contributed by atoms with E-state index in [2.05, 4.69) is 9.88 Å². The maximum atomic E-state index is 11.2. The monoisotopic (exact) mass is 270 g/mol. The molecule has 1 aliphatic rings. The van der Waals surface area contributed by atoms with E-state index in [4.69, 9.17) is 9.84 Å². The summed E-state index contributed by atoms with van der Waals surface area (Å²) in [7, 11) is 1.94. The summed E-state index contributed by atoms with van der Waals surface area (Å²) < 4.78 is 5.30. The van der Waals surface area contributed by atoms with Gasteiger partial charge < -0.3 is 9.84 Å². The number of carboxylic acids is 1. The summed E-state index contributed by atoms with van der Waals surface area (Å²) in [4.78, 5) is 17.7. The van der Waals surface area contributed by atoms with Crippen LogP contribution in [0.15, 0.2) is 5.38 Å². The summed E-state index contributed by atoms with van der Waals surface area (Å²) >= 11 is 1.61. The lowest BCUT2D eigenvalue weighted by molar-refractivity contribution is -0.143. The number of hydrogen-bond donors (Lipinski definition) is 1. The number of carboxylic acid groups (broad SMARTS) is 1. The standard InChI is InChI=1S/C12H18N2O3S/c1-7(10-6-18-8(2)13-10)14(3)11-5-17-4-9(11)12(15)16/h6-7,9,11H,4-5H2,1-3H3,(H,15,16). The molecule has 1 aromatic rings. The Labute approximate surface area is 110 Å². The van der Waals surface area contributed by atoms with Crippen LogP contribution in [-0.4, -0.2) is 47.3 Å². The molecule has 2 heterocycles. The molecule has 1 aliphatic heterocycles. The second-order valence-electron chi connectivity index (χ2n) is 4.68. The molecular formula is C12H18N2O3S. The van der Waals surface area contributed by atoms with Gasteiger partial charge in [-0.15, -0.1) is 11.3 Å². The van der Waals surface area contributed by atoms with Gasteiger partial charge in [0.2, 0.25) is 0 Å². The Morgan fingerprint density at radius 1 is 1.67 bits per heavy atom. The van der Waals surface area contributed by atoms with Gasteiger partial charge >= 0.3 is 5.97 Å². The molecule has 0 saturated carbocycles. The quantitative estimate of drug-likeness (QED) is 0.899. The normalized spacial score (nSPS) is 25.6. The Hall–Kier alpha value is -0.980. The predicted molar refractivity (Wildman–Crippen MR) is 68.8 cm³/mol. The maximum absolute atomic E-state index is 11.2. The first kappa shape index (κ1) is 13.5. The third-order valence-corrected chi connectivity index (χ3v) is 4.36. The molecule has 1 saturated heterocycles. The molecule has 18 heavy (non-hydrogen) atoms. The van der Waals surface area contributed by atoms with Crippen molar-refractivity contribution in [2.45, 2.75) is 25.9 Å². The van der Waals surface area contributed by atoms with Gasteiger partial charge in [0.05, 0.1) is 35.9 Å². The molecule has 0 radical (unpaired) electrons. The van der Waals surface area contributed by atoms with Crippen LogP contribution in [0.1, 0.15) is 23.7 Å². The first-order valence-electron chi connectivity index (χ1n) is 5.95. The fraction of sp³-hybridized carbons (Fsp3) is 0.667. The van der Waals surface area contributed by atoms with Crippen LogP contribution in [0.4, 0.5) is 0 Å². The second kappa shape index (κ2) is 5.34. The minimum Gasteiger partial charge on any atom is -0.481 e. The summed E-state index contributed by atoms with van der Waals surface area (Å²) in [6.45, 7) is 4.79. The van der Waals surface area contributed by atoms with Crippen molar-refractivity contribution in [2.75, 3.05) is 20.3 Å². The van der Waals surface area contributed by atoms with Gasteiger partial charge in [-0.05, 0) is 20.9 Å². The third kappa shape index (κ3) is 2.55. The zero-order valence-electron chi connectivity index (χ0n) is 10.8. The van der Waals surface area contributed by atoms with Gasteiger partial charge in [0.15, 0.2) is 0 Å². The van der Waals surface area contributed by atoms with E-state index in [1.54, 1.807) is 11.3 Å². The van der Waals surface area contributed by atoms with Crippen molar-refractivity contribution in [1.29, 1.82) is 0 Å². The Balaban J connectivity index is 2.10.